The fraction of sp³-hybridized carbons (Fsp3) is 0.412. The summed E-state index contributed by atoms with van der Waals surface area (Å²) in [7, 11) is 11.0. The first kappa shape index (κ1) is 22.9. The van der Waals surface area contributed by atoms with Crippen molar-refractivity contribution in [1.29, 1.82) is 5.26 Å². The third-order valence-corrected chi connectivity index (χ3v) is 5.30. The number of fused-ring (bicyclic) bond motifs is 1. The second-order valence-corrected chi connectivity index (χ2v) is 7.18. The van der Waals surface area contributed by atoms with Crippen LogP contribution in [0, 0.1) is 17.2 Å². The highest BCUT2D eigenvalue weighted by atomic mass is 16.6. The van der Waals surface area contributed by atoms with Crippen molar-refractivity contribution >= 4 is 26.7 Å². The van der Waals surface area contributed by atoms with Crippen LogP contribution in [0.15, 0.2) is 31.0 Å². The zero-order valence-electron chi connectivity index (χ0n) is 16.2. The zero-order valence-corrected chi connectivity index (χ0v) is 16.2. The van der Waals surface area contributed by atoms with E-state index in [1.165, 1.54) is 30.3 Å². The summed E-state index contributed by atoms with van der Waals surface area (Å²) in [6.45, 7) is 0.951. The van der Waals surface area contributed by atoms with Gasteiger partial charge in [0.2, 0.25) is 11.6 Å². The van der Waals surface area contributed by atoms with Crippen molar-refractivity contribution < 1.29 is 30.6 Å². The molecule has 31 heavy (non-hydrogen) atoms. The number of nitrogens with one attached hydrogen (secondary N) is 1. The van der Waals surface area contributed by atoms with Crippen LogP contribution in [0.1, 0.15) is 6.92 Å². The Morgan fingerprint density at radius 3 is 2.29 bits per heavy atom. The highest BCUT2D eigenvalue weighted by Crippen LogP contribution is 2.51. The van der Waals surface area contributed by atoms with Gasteiger partial charge in [0.05, 0.1) is 29.0 Å². The van der Waals surface area contributed by atoms with E-state index in [0.717, 1.165) is 5.39 Å². The third kappa shape index (κ3) is 3.23. The van der Waals surface area contributed by atoms with Gasteiger partial charge in [-0.3, -0.25) is 4.68 Å². The number of aliphatic hydroxyl groups is 6. The largest absolute Gasteiger partial charge is 0.394 e. The molecule has 14 heteroatoms. The molecule has 3 aromatic rings. The number of nitriles is 1. The SMILES string of the molecule is CC#N.[B]C1(O)C(Cn2cc(-c3ncnc4[nH]ccc34)cn2)C([B])(O)C(O)(O)C1(O)O. The molecule has 4 rings (SSSR count). The van der Waals surface area contributed by atoms with Crippen molar-refractivity contribution in [2.24, 2.45) is 5.92 Å². The van der Waals surface area contributed by atoms with Crippen LogP contribution in [0.5, 0.6) is 0 Å². The average Bonchev–Trinajstić information content (AvgIpc) is 3.35. The van der Waals surface area contributed by atoms with E-state index in [-0.39, 0.29) is 0 Å². The van der Waals surface area contributed by atoms with E-state index in [0.29, 0.717) is 16.9 Å². The molecule has 7 N–H and O–H groups in total. The Bertz CT molecular complexity index is 1110. The van der Waals surface area contributed by atoms with E-state index in [1.807, 2.05) is 0 Å². The molecule has 1 aliphatic carbocycles. The summed E-state index contributed by atoms with van der Waals surface area (Å²) < 4.78 is 1.19. The summed E-state index contributed by atoms with van der Waals surface area (Å²) in [4.78, 5) is 11.2. The van der Waals surface area contributed by atoms with E-state index in [1.54, 1.807) is 18.3 Å². The first-order valence-corrected chi connectivity index (χ1v) is 8.86. The topological polar surface area (TPSA) is 205 Å². The van der Waals surface area contributed by atoms with Crippen LogP contribution in [0.2, 0.25) is 0 Å². The molecule has 1 saturated carbocycles. The first-order chi connectivity index (χ1) is 14.3. The highest BCUT2D eigenvalue weighted by Gasteiger charge is 2.78. The molecule has 1 fully saturated rings. The zero-order chi connectivity index (χ0) is 23.2. The molecule has 4 radical (unpaired) electrons. The van der Waals surface area contributed by atoms with Crippen LogP contribution >= 0.6 is 0 Å². The minimum Gasteiger partial charge on any atom is -0.394 e. The standard InChI is InChI=1S/C15H15B2N5O6.C2H3N/c16-12(23)9(13(17,24)15(27,28)14(12,25)26)5-22-4-7(3-21-22)10-8-1-2-18-11(8)20-6-19-10;1-2-3/h1-4,6,9,23-28H,5H2,(H,18,19,20);1H3. The summed E-state index contributed by atoms with van der Waals surface area (Å²) in [5.74, 6) is -9.25. The van der Waals surface area contributed by atoms with E-state index in [9.17, 15) is 30.6 Å². The minimum atomic E-state index is -3.71. The second kappa shape index (κ2) is 7.41. The number of H-pyrrole nitrogens is 1. The summed E-state index contributed by atoms with van der Waals surface area (Å²) >= 11 is 0. The van der Waals surface area contributed by atoms with Gasteiger partial charge in [-0.2, -0.15) is 10.4 Å². The van der Waals surface area contributed by atoms with Gasteiger partial charge in [-0.05, 0) is 6.07 Å². The molecule has 2 unspecified atom stereocenters. The normalized spacial score (nSPS) is 28.6. The Kier molecular flexibility index (Phi) is 5.47. The van der Waals surface area contributed by atoms with Crippen LogP contribution in [0.4, 0.5) is 0 Å². The summed E-state index contributed by atoms with van der Waals surface area (Å²) in [6.07, 6.45) is 5.97. The predicted octanol–water partition coefficient (Wildman–Crippen LogP) is -2.94. The van der Waals surface area contributed by atoms with Gasteiger partial charge < -0.3 is 35.6 Å². The van der Waals surface area contributed by atoms with Gasteiger partial charge in [-0.1, -0.05) is 0 Å². The Morgan fingerprint density at radius 1 is 1.13 bits per heavy atom. The van der Waals surface area contributed by atoms with Crippen LogP contribution in [0.25, 0.3) is 22.3 Å². The predicted molar refractivity (Wildman–Crippen MR) is 106 cm³/mol. The maximum absolute atomic E-state index is 10.3. The molecule has 158 valence electrons. The third-order valence-electron chi connectivity index (χ3n) is 5.30. The lowest BCUT2D eigenvalue weighted by Gasteiger charge is -2.38. The van der Waals surface area contributed by atoms with Crippen molar-refractivity contribution in [3.63, 3.8) is 0 Å². The molecule has 0 aliphatic heterocycles. The maximum atomic E-state index is 10.3. The lowest BCUT2D eigenvalue weighted by molar-refractivity contribution is -0.387. The Hall–Kier alpha value is -2.79. The van der Waals surface area contributed by atoms with Gasteiger partial charge in [0.25, 0.3) is 0 Å². The molecule has 0 spiro atoms. The molecule has 3 aromatic heterocycles. The van der Waals surface area contributed by atoms with Crippen molar-refractivity contribution in [3.8, 4) is 17.3 Å². The fourth-order valence-corrected chi connectivity index (χ4v) is 3.53. The molecular weight excluding hydrogens is 406 g/mol. The maximum Gasteiger partial charge on any atom is 0.241 e. The van der Waals surface area contributed by atoms with Gasteiger partial charge in [0.1, 0.15) is 27.7 Å². The number of aromatic amines is 1. The molecule has 0 saturated heterocycles. The number of nitrogens with zero attached hydrogens (tertiary/aromatic N) is 5. The lowest BCUT2D eigenvalue weighted by Crippen LogP contribution is -2.67. The van der Waals surface area contributed by atoms with Gasteiger partial charge in [0, 0.05) is 42.7 Å². The van der Waals surface area contributed by atoms with E-state index in [4.69, 9.17) is 21.0 Å². The molecule has 0 aromatic carbocycles. The summed E-state index contributed by atoms with van der Waals surface area (Å²) in [5.41, 5.74) is -4.45. The van der Waals surface area contributed by atoms with Gasteiger partial charge in [0.15, 0.2) is 0 Å². The van der Waals surface area contributed by atoms with Gasteiger partial charge in [-0.25, -0.2) is 9.97 Å². The van der Waals surface area contributed by atoms with E-state index >= 15 is 0 Å². The number of hydrogen-bond donors (Lipinski definition) is 7. The quantitative estimate of drug-likeness (QED) is 0.168. The van der Waals surface area contributed by atoms with Crippen LogP contribution in [-0.4, -0.2) is 93.6 Å². The molecule has 1 aliphatic rings. The van der Waals surface area contributed by atoms with Crippen molar-refractivity contribution in [3.05, 3.63) is 31.0 Å². The number of hydrogen-bond acceptors (Lipinski definition) is 10. The smallest absolute Gasteiger partial charge is 0.241 e. The van der Waals surface area contributed by atoms with Crippen molar-refractivity contribution in [1.82, 2.24) is 24.7 Å². The minimum absolute atomic E-state index is 0.479. The molecule has 3 heterocycles. The molecule has 0 amide bonds. The lowest BCUT2D eigenvalue weighted by atomic mass is 9.63. The Morgan fingerprint density at radius 2 is 1.71 bits per heavy atom. The molecule has 12 nitrogen and oxygen atoms in total. The monoisotopic (exact) mass is 424 g/mol. The van der Waals surface area contributed by atoms with E-state index in [2.05, 4.69) is 20.1 Å². The summed E-state index contributed by atoms with van der Waals surface area (Å²) in [6, 6.07) is 3.52. The summed E-state index contributed by atoms with van der Waals surface area (Å²) in [5, 5.41) is 72.3. The molecular formula is C17H18B2N6O6. The first-order valence-electron chi connectivity index (χ1n) is 8.86. The second-order valence-electron chi connectivity index (χ2n) is 7.18. The Balaban J connectivity index is 0.000000858. The average molecular weight is 424 g/mol. The van der Waals surface area contributed by atoms with Crippen molar-refractivity contribution in [2.75, 3.05) is 0 Å². The van der Waals surface area contributed by atoms with Gasteiger partial charge >= 0.3 is 0 Å². The molecule has 0 bridgehead atoms. The van der Waals surface area contributed by atoms with E-state index < -0.39 is 35.0 Å². The van der Waals surface area contributed by atoms with Crippen molar-refractivity contribution in [2.45, 2.75) is 36.0 Å². The highest BCUT2D eigenvalue weighted by molar-refractivity contribution is 6.21. The van der Waals surface area contributed by atoms with Crippen LogP contribution in [-0.2, 0) is 6.54 Å². The van der Waals surface area contributed by atoms with Gasteiger partial charge in [-0.15, -0.1) is 0 Å². The number of aromatic nitrogens is 5. The Labute approximate surface area is 178 Å². The van der Waals surface area contributed by atoms with Crippen LogP contribution in [0.3, 0.4) is 0 Å². The van der Waals surface area contributed by atoms with Crippen LogP contribution < -0.4 is 0 Å². The molecule has 2 atom stereocenters. The fourth-order valence-electron chi connectivity index (χ4n) is 3.53. The number of rotatable bonds is 3.